The second-order valence-corrected chi connectivity index (χ2v) is 7.84. The number of urea groups is 1. The summed E-state index contributed by atoms with van der Waals surface area (Å²) < 4.78 is 3.22. The van der Waals surface area contributed by atoms with Crippen molar-refractivity contribution in [1.29, 1.82) is 0 Å². The highest BCUT2D eigenvalue weighted by atomic mass is 79.9. The van der Waals surface area contributed by atoms with E-state index in [9.17, 15) is 4.79 Å². The van der Waals surface area contributed by atoms with Crippen molar-refractivity contribution in [2.75, 3.05) is 5.32 Å². The summed E-state index contributed by atoms with van der Waals surface area (Å²) in [4.78, 5) is 12.0. The van der Waals surface area contributed by atoms with Gasteiger partial charge in [0.1, 0.15) is 0 Å². The van der Waals surface area contributed by atoms with E-state index in [-0.39, 0.29) is 6.03 Å². The third-order valence-corrected chi connectivity index (χ3v) is 5.40. The molecular formula is C23H25BrN4O. The van der Waals surface area contributed by atoms with Crippen molar-refractivity contribution in [3.8, 4) is 5.69 Å². The van der Waals surface area contributed by atoms with Gasteiger partial charge in [0.25, 0.3) is 0 Å². The molecule has 0 radical (unpaired) electrons. The van der Waals surface area contributed by atoms with E-state index in [1.807, 2.05) is 24.3 Å². The number of hydrazone groups is 1. The molecule has 0 aliphatic carbocycles. The van der Waals surface area contributed by atoms with Crippen molar-refractivity contribution in [2.24, 2.45) is 5.10 Å². The summed E-state index contributed by atoms with van der Waals surface area (Å²) in [7, 11) is 0. The zero-order chi connectivity index (χ0) is 21.0. The summed E-state index contributed by atoms with van der Waals surface area (Å²) >= 11 is 3.37. The van der Waals surface area contributed by atoms with Crippen LogP contribution in [0.1, 0.15) is 35.0 Å². The molecule has 0 atom stereocenters. The predicted octanol–water partition coefficient (Wildman–Crippen LogP) is 5.88. The minimum atomic E-state index is -0.385. The molecule has 150 valence electrons. The monoisotopic (exact) mass is 452 g/mol. The Kier molecular flexibility index (Phi) is 6.54. The first kappa shape index (κ1) is 20.9. The van der Waals surface area contributed by atoms with Crippen LogP contribution in [0.25, 0.3) is 5.69 Å². The number of nitrogens with one attached hydrogen (secondary N) is 2. The molecule has 1 heterocycles. The molecule has 3 rings (SSSR count). The number of hydrogen-bond donors (Lipinski definition) is 2. The van der Waals surface area contributed by atoms with E-state index < -0.39 is 0 Å². The van der Waals surface area contributed by atoms with Gasteiger partial charge >= 0.3 is 6.03 Å². The van der Waals surface area contributed by atoms with Gasteiger partial charge in [-0.1, -0.05) is 41.1 Å². The number of anilines is 1. The maximum atomic E-state index is 12.0. The minimum absolute atomic E-state index is 0.385. The Hall–Kier alpha value is -2.86. The smallest absolute Gasteiger partial charge is 0.317 e. The van der Waals surface area contributed by atoms with E-state index in [1.165, 1.54) is 16.8 Å². The lowest BCUT2D eigenvalue weighted by Crippen LogP contribution is -2.24. The molecule has 2 amide bonds. The number of carbonyl (C=O) groups is 1. The van der Waals surface area contributed by atoms with E-state index in [1.54, 1.807) is 6.21 Å². The van der Waals surface area contributed by atoms with Gasteiger partial charge in [0, 0.05) is 27.1 Å². The standard InChI is InChI=1S/C23H25BrN4O/c1-5-18-8-6-7-15(2)22(18)28-16(3)13-19(17(28)4)14-25-27-23(29)26-21-11-9-20(24)10-12-21/h6-14H,5H2,1-4H3,(H2,26,27,29)/b25-14+. The second kappa shape index (κ2) is 9.09. The van der Waals surface area contributed by atoms with Gasteiger partial charge in [-0.3, -0.25) is 0 Å². The number of aromatic nitrogens is 1. The molecule has 0 saturated heterocycles. The Bertz CT molecular complexity index is 1050. The number of hydrogen-bond acceptors (Lipinski definition) is 2. The van der Waals surface area contributed by atoms with Gasteiger partial charge < -0.3 is 9.88 Å². The Morgan fingerprint density at radius 1 is 1.14 bits per heavy atom. The first-order valence-electron chi connectivity index (χ1n) is 9.54. The highest BCUT2D eigenvalue weighted by molar-refractivity contribution is 9.10. The van der Waals surface area contributed by atoms with E-state index in [2.05, 4.69) is 88.3 Å². The van der Waals surface area contributed by atoms with Gasteiger partial charge in [0.15, 0.2) is 0 Å². The molecule has 1 aromatic heterocycles. The van der Waals surface area contributed by atoms with Crippen LogP contribution in [-0.2, 0) is 6.42 Å². The zero-order valence-electron chi connectivity index (χ0n) is 17.1. The summed E-state index contributed by atoms with van der Waals surface area (Å²) in [6.07, 6.45) is 2.65. The van der Waals surface area contributed by atoms with Gasteiger partial charge in [-0.2, -0.15) is 5.10 Å². The van der Waals surface area contributed by atoms with Gasteiger partial charge in [0.2, 0.25) is 0 Å². The van der Waals surface area contributed by atoms with Crippen LogP contribution >= 0.6 is 15.9 Å². The molecule has 5 nitrogen and oxygen atoms in total. The number of amides is 2. The topological polar surface area (TPSA) is 58.4 Å². The Labute approximate surface area is 180 Å². The number of aryl methyl sites for hydroxylation is 3. The van der Waals surface area contributed by atoms with Crippen molar-refractivity contribution in [3.05, 3.63) is 81.1 Å². The molecule has 2 aromatic carbocycles. The Balaban J connectivity index is 1.77. The number of benzene rings is 2. The van der Waals surface area contributed by atoms with Gasteiger partial charge in [-0.05, 0) is 68.7 Å². The lowest BCUT2D eigenvalue weighted by atomic mass is 10.1. The summed E-state index contributed by atoms with van der Waals surface area (Å²) in [6.45, 7) is 8.46. The third kappa shape index (κ3) is 4.77. The van der Waals surface area contributed by atoms with E-state index in [0.717, 1.165) is 27.8 Å². The van der Waals surface area contributed by atoms with Crippen LogP contribution in [0.2, 0.25) is 0 Å². The zero-order valence-corrected chi connectivity index (χ0v) is 18.7. The van der Waals surface area contributed by atoms with Crippen molar-refractivity contribution >= 4 is 33.9 Å². The molecule has 0 fully saturated rings. The van der Waals surface area contributed by atoms with Crippen LogP contribution in [0.3, 0.4) is 0 Å². The average molecular weight is 453 g/mol. The normalized spacial score (nSPS) is 11.1. The molecular weight excluding hydrogens is 428 g/mol. The molecule has 0 aliphatic rings. The number of nitrogens with zero attached hydrogens (tertiary/aromatic N) is 2. The van der Waals surface area contributed by atoms with Crippen molar-refractivity contribution < 1.29 is 4.79 Å². The predicted molar refractivity (Wildman–Crippen MR) is 123 cm³/mol. The Morgan fingerprint density at radius 2 is 1.86 bits per heavy atom. The molecule has 0 aliphatic heterocycles. The summed E-state index contributed by atoms with van der Waals surface area (Å²) in [5, 5.41) is 6.86. The van der Waals surface area contributed by atoms with E-state index in [0.29, 0.717) is 5.69 Å². The molecule has 0 bridgehead atoms. The molecule has 0 saturated carbocycles. The molecule has 3 aromatic rings. The first-order valence-corrected chi connectivity index (χ1v) is 10.3. The summed E-state index contributed by atoms with van der Waals surface area (Å²) in [5.41, 5.74) is 10.2. The second-order valence-electron chi connectivity index (χ2n) is 6.93. The first-order chi connectivity index (χ1) is 13.9. The van der Waals surface area contributed by atoms with Crippen molar-refractivity contribution in [1.82, 2.24) is 9.99 Å². The van der Waals surface area contributed by atoms with Gasteiger partial charge in [-0.25, -0.2) is 10.2 Å². The lowest BCUT2D eigenvalue weighted by molar-refractivity contribution is 0.252. The highest BCUT2D eigenvalue weighted by Gasteiger charge is 2.14. The molecule has 29 heavy (non-hydrogen) atoms. The molecule has 0 unspecified atom stereocenters. The quantitative estimate of drug-likeness (QED) is 0.368. The number of carbonyl (C=O) groups excluding carboxylic acids is 1. The number of halogens is 1. The summed E-state index contributed by atoms with van der Waals surface area (Å²) in [6, 6.07) is 15.5. The van der Waals surface area contributed by atoms with Crippen LogP contribution in [0.15, 0.2) is 58.1 Å². The van der Waals surface area contributed by atoms with Gasteiger partial charge in [0.05, 0.1) is 11.9 Å². The highest BCUT2D eigenvalue weighted by Crippen LogP contribution is 2.26. The van der Waals surface area contributed by atoms with Crippen molar-refractivity contribution in [2.45, 2.75) is 34.1 Å². The van der Waals surface area contributed by atoms with E-state index in [4.69, 9.17) is 0 Å². The Morgan fingerprint density at radius 3 is 2.55 bits per heavy atom. The van der Waals surface area contributed by atoms with Crippen LogP contribution in [0.4, 0.5) is 10.5 Å². The molecule has 0 spiro atoms. The fraction of sp³-hybridized carbons (Fsp3) is 0.217. The fourth-order valence-corrected chi connectivity index (χ4v) is 3.70. The molecule has 6 heteroatoms. The largest absolute Gasteiger partial charge is 0.339 e. The molecule has 2 N–H and O–H groups in total. The lowest BCUT2D eigenvalue weighted by Gasteiger charge is -2.17. The van der Waals surface area contributed by atoms with Crippen LogP contribution in [0.5, 0.6) is 0 Å². The third-order valence-electron chi connectivity index (χ3n) is 4.87. The maximum Gasteiger partial charge on any atom is 0.339 e. The average Bonchev–Trinajstić information content (AvgIpc) is 2.97. The van der Waals surface area contributed by atoms with E-state index >= 15 is 0 Å². The number of rotatable bonds is 5. The van der Waals surface area contributed by atoms with Gasteiger partial charge in [-0.15, -0.1) is 0 Å². The minimum Gasteiger partial charge on any atom is -0.317 e. The number of para-hydroxylation sites is 1. The van der Waals surface area contributed by atoms with Crippen LogP contribution in [0, 0.1) is 20.8 Å². The SMILES string of the molecule is CCc1cccc(C)c1-n1c(C)cc(/C=N/NC(=O)Nc2ccc(Br)cc2)c1C. The fourth-order valence-electron chi connectivity index (χ4n) is 3.44. The maximum absolute atomic E-state index is 12.0. The van der Waals surface area contributed by atoms with Crippen LogP contribution in [-0.4, -0.2) is 16.8 Å². The van der Waals surface area contributed by atoms with Crippen LogP contribution < -0.4 is 10.7 Å². The summed E-state index contributed by atoms with van der Waals surface area (Å²) in [5.74, 6) is 0. The van der Waals surface area contributed by atoms with Crippen molar-refractivity contribution in [3.63, 3.8) is 0 Å².